The maximum Gasteiger partial charge on any atom is 0.102 e. The van der Waals surface area contributed by atoms with Crippen LogP contribution in [0.2, 0.25) is 5.02 Å². The lowest BCUT2D eigenvalue weighted by Gasteiger charge is -2.04. The molecule has 2 N–H and O–H groups in total. The Labute approximate surface area is 110 Å². The molecule has 0 unspecified atom stereocenters. The van der Waals surface area contributed by atoms with E-state index >= 15 is 0 Å². The third-order valence-corrected chi connectivity index (χ3v) is 2.69. The normalized spacial score (nSPS) is 10.6. The molecule has 0 aliphatic rings. The molecule has 6 nitrogen and oxygen atoms in total. The molecule has 0 bridgehead atoms. The summed E-state index contributed by atoms with van der Waals surface area (Å²) in [6.45, 7) is 1.35. The van der Waals surface area contributed by atoms with Crippen molar-refractivity contribution in [3.05, 3.63) is 35.4 Å². The van der Waals surface area contributed by atoms with Crippen molar-refractivity contribution in [3.8, 4) is 0 Å². The SMILES string of the molecule is OCCCn1cc(CNc2cnccc2Cl)nn1. The number of aromatic nitrogens is 4. The lowest BCUT2D eigenvalue weighted by molar-refractivity contribution is 0.276. The van der Waals surface area contributed by atoms with Crippen LogP contribution < -0.4 is 5.32 Å². The molecule has 2 aromatic rings. The Balaban J connectivity index is 1.90. The Kier molecular flexibility index (Phi) is 4.49. The highest BCUT2D eigenvalue weighted by Gasteiger charge is 2.02. The fraction of sp³-hybridized carbons (Fsp3) is 0.364. The first-order chi connectivity index (χ1) is 8.79. The van der Waals surface area contributed by atoms with Crippen molar-refractivity contribution in [2.45, 2.75) is 19.5 Å². The van der Waals surface area contributed by atoms with E-state index < -0.39 is 0 Å². The average Bonchev–Trinajstić information content (AvgIpc) is 2.83. The number of aryl methyl sites for hydroxylation is 1. The largest absolute Gasteiger partial charge is 0.396 e. The first kappa shape index (κ1) is 12.8. The van der Waals surface area contributed by atoms with Crippen molar-refractivity contribution in [2.24, 2.45) is 0 Å². The number of hydrogen-bond donors (Lipinski definition) is 2. The highest BCUT2D eigenvalue weighted by molar-refractivity contribution is 6.33. The molecule has 7 heteroatoms. The van der Waals surface area contributed by atoms with Crippen LogP contribution in [0, 0.1) is 0 Å². The van der Waals surface area contributed by atoms with Crippen LogP contribution in [-0.4, -0.2) is 31.7 Å². The van der Waals surface area contributed by atoms with Gasteiger partial charge >= 0.3 is 0 Å². The molecule has 2 aromatic heterocycles. The standard InChI is InChI=1S/C11H14ClN5O/c12-10-2-3-13-7-11(10)14-6-9-8-17(16-15-9)4-1-5-18/h2-3,7-8,14,18H,1,4-6H2. The van der Waals surface area contributed by atoms with Gasteiger partial charge < -0.3 is 10.4 Å². The Hall–Kier alpha value is -1.66. The maximum absolute atomic E-state index is 8.72. The van der Waals surface area contributed by atoms with Gasteiger partial charge in [0.25, 0.3) is 0 Å². The van der Waals surface area contributed by atoms with E-state index in [-0.39, 0.29) is 6.61 Å². The van der Waals surface area contributed by atoms with Gasteiger partial charge in [-0.2, -0.15) is 0 Å². The van der Waals surface area contributed by atoms with Crippen LogP contribution in [0.5, 0.6) is 0 Å². The van der Waals surface area contributed by atoms with Gasteiger partial charge in [-0.25, -0.2) is 0 Å². The Morgan fingerprint density at radius 3 is 3.11 bits per heavy atom. The molecule has 18 heavy (non-hydrogen) atoms. The molecule has 0 saturated carbocycles. The average molecular weight is 268 g/mol. The summed E-state index contributed by atoms with van der Waals surface area (Å²) >= 11 is 5.99. The van der Waals surface area contributed by atoms with Gasteiger partial charge in [0.05, 0.1) is 29.6 Å². The first-order valence-electron chi connectivity index (χ1n) is 5.63. The van der Waals surface area contributed by atoms with Gasteiger partial charge in [-0.05, 0) is 12.5 Å². The molecule has 0 amide bonds. The van der Waals surface area contributed by atoms with E-state index in [0.717, 1.165) is 11.4 Å². The van der Waals surface area contributed by atoms with Crippen LogP contribution in [0.3, 0.4) is 0 Å². The smallest absolute Gasteiger partial charge is 0.102 e. The third-order valence-electron chi connectivity index (χ3n) is 2.36. The third kappa shape index (κ3) is 3.41. The van der Waals surface area contributed by atoms with Gasteiger partial charge in [0, 0.05) is 19.3 Å². The van der Waals surface area contributed by atoms with E-state index in [1.165, 1.54) is 0 Å². The van der Waals surface area contributed by atoms with Gasteiger partial charge in [-0.3, -0.25) is 9.67 Å². The van der Waals surface area contributed by atoms with Crippen molar-refractivity contribution in [3.63, 3.8) is 0 Å². The number of aliphatic hydroxyl groups is 1. The van der Waals surface area contributed by atoms with Crippen molar-refractivity contribution in [1.82, 2.24) is 20.0 Å². The van der Waals surface area contributed by atoms with E-state index in [0.29, 0.717) is 24.5 Å². The molecule has 0 aliphatic carbocycles. The summed E-state index contributed by atoms with van der Waals surface area (Å²) in [5.74, 6) is 0. The summed E-state index contributed by atoms with van der Waals surface area (Å²) in [4.78, 5) is 3.99. The number of halogens is 1. The van der Waals surface area contributed by atoms with Crippen molar-refractivity contribution in [2.75, 3.05) is 11.9 Å². The number of hydrogen-bond acceptors (Lipinski definition) is 5. The van der Waals surface area contributed by atoms with Crippen LogP contribution in [0.4, 0.5) is 5.69 Å². The van der Waals surface area contributed by atoms with Gasteiger partial charge in [0.15, 0.2) is 0 Å². The van der Waals surface area contributed by atoms with Gasteiger partial charge in [0.2, 0.25) is 0 Å². The second-order valence-electron chi connectivity index (χ2n) is 3.76. The maximum atomic E-state index is 8.72. The number of pyridine rings is 1. The van der Waals surface area contributed by atoms with Crippen LogP contribution in [0.15, 0.2) is 24.7 Å². The summed E-state index contributed by atoms with van der Waals surface area (Å²) < 4.78 is 1.71. The minimum atomic E-state index is 0.152. The quantitative estimate of drug-likeness (QED) is 0.826. The van der Waals surface area contributed by atoms with Gasteiger partial charge in [-0.15, -0.1) is 5.10 Å². The lowest BCUT2D eigenvalue weighted by atomic mass is 10.4. The van der Waals surface area contributed by atoms with Gasteiger partial charge in [-0.1, -0.05) is 16.8 Å². The Bertz CT molecular complexity index is 502. The first-order valence-corrected chi connectivity index (χ1v) is 6.00. The molecule has 2 heterocycles. The molecular formula is C11H14ClN5O. The number of anilines is 1. The van der Waals surface area contributed by atoms with E-state index in [1.807, 2.05) is 6.20 Å². The Morgan fingerprint density at radius 2 is 2.33 bits per heavy atom. The van der Waals surface area contributed by atoms with Crippen LogP contribution in [-0.2, 0) is 13.1 Å². The minimum Gasteiger partial charge on any atom is -0.396 e. The van der Waals surface area contributed by atoms with Gasteiger partial charge in [0.1, 0.15) is 5.69 Å². The van der Waals surface area contributed by atoms with Crippen LogP contribution >= 0.6 is 11.6 Å². The predicted molar refractivity (Wildman–Crippen MR) is 68.3 cm³/mol. The zero-order valence-electron chi connectivity index (χ0n) is 9.75. The summed E-state index contributed by atoms with van der Waals surface area (Å²) in [5.41, 5.74) is 1.58. The van der Waals surface area contributed by atoms with E-state index in [9.17, 15) is 0 Å². The van der Waals surface area contributed by atoms with Crippen molar-refractivity contribution in [1.29, 1.82) is 0 Å². The second-order valence-corrected chi connectivity index (χ2v) is 4.17. The molecule has 2 rings (SSSR count). The minimum absolute atomic E-state index is 0.152. The molecule has 0 atom stereocenters. The van der Waals surface area contributed by atoms with Crippen LogP contribution in [0.25, 0.3) is 0 Å². The summed E-state index contributed by atoms with van der Waals surface area (Å²) in [5, 5.41) is 20.5. The van der Waals surface area contributed by atoms with E-state index in [1.54, 1.807) is 23.1 Å². The van der Waals surface area contributed by atoms with Crippen molar-refractivity contribution >= 4 is 17.3 Å². The Morgan fingerprint density at radius 1 is 1.44 bits per heavy atom. The fourth-order valence-electron chi connectivity index (χ4n) is 1.45. The molecule has 0 fully saturated rings. The van der Waals surface area contributed by atoms with E-state index in [2.05, 4.69) is 20.6 Å². The summed E-state index contributed by atoms with van der Waals surface area (Å²) in [7, 11) is 0. The number of aliphatic hydroxyl groups excluding tert-OH is 1. The summed E-state index contributed by atoms with van der Waals surface area (Å²) in [6, 6.07) is 1.72. The summed E-state index contributed by atoms with van der Waals surface area (Å²) in [6.07, 6.45) is 5.81. The number of rotatable bonds is 6. The molecular weight excluding hydrogens is 254 g/mol. The molecule has 0 aliphatic heterocycles. The van der Waals surface area contributed by atoms with E-state index in [4.69, 9.17) is 16.7 Å². The molecule has 0 saturated heterocycles. The highest BCUT2D eigenvalue weighted by Crippen LogP contribution is 2.19. The predicted octanol–water partition coefficient (Wildman–Crippen LogP) is 1.32. The molecule has 0 spiro atoms. The van der Waals surface area contributed by atoms with Crippen molar-refractivity contribution < 1.29 is 5.11 Å². The topological polar surface area (TPSA) is 75.9 Å². The molecule has 0 radical (unpaired) electrons. The monoisotopic (exact) mass is 267 g/mol. The molecule has 96 valence electrons. The fourth-order valence-corrected chi connectivity index (χ4v) is 1.63. The second kappa shape index (κ2) is 6.32. The number of nitrogens with one attached hydrogen (secondary N) is 1. The highest BCUT2D eigenvalue weighted by atomic mass is 35.5. The number of nitrogens with zero attached hydrogens (tertiary/aromatic N) is 4. The molecule has 0 aromatic carbocycles. The lowest BCUT2D eigenvalue weighted by Crippen LogP contribution is -2.01. The zero-order valence-corrected chi connectivity index (χ0v) is 10.5. The van der Waals surface area contributed by atoms with Crippen LogP contribution in [0.1, 0.15) is 12.1 Å². The zero-order chi connectivity index (χ0) is 12.8.